The molecule has 1 unspecified atom stereocenters. The number of carbonyl (C=O) groups is 2. The van der Waals surface area contributed by atoms with Gasteiger partial charge in [0.05, 0.1) is 12.0 Å². The lowest BCUT2D eigenvalue weighted by atomic mass is 10.1. The highest BCUT2D eigenvalue weighted by Crippen LogP contribution is 2.39. The van der Waals surface area contributed by atoms with Gasteiger partial charge in [-0.05, 0) is 35.4 Å². The minimum Gasteiger partial charge on any atom is -0.486 e. The number of ether oxygens (including phenoxy) is 2. The van der Waals surface area contributed by atoms with Gasteiger partial charge in [-0.3, -0.25) is 9.59 Å². The standard InChI is InChI=1S/C26H23N3O4S/c30-23-17-34-26(29(23)16-18-5-2-1-3-6-18)20-11-9-19(10-12-20)25(31)28-27-15-21-7-4-8-22-24(21)33-14-13-32-22/h1-12,15,26H,13-14,16-17H2,(H,28,31). The predicted octanol–water partition coefficient (Wildman–Crippen LogP) is 4.00. The Morgan fingerprint density at radius 2 is 1.82 bits per heavy atom. The molecule has 1 N–H and O–H groups in total. The van der Waals surface area contributed by atoms with Gasteiger partial charge in [0.25, 0.3) is 5.91 Å². The predicted molar refractivity (Wildman–Crippen MR) is 131 cm³/mol. The van der Waals surface area contributed by atoms with Crippen molar-refractivity contribution < 1.29 is 19.1 Å². The number of thioether (sulfide) groups is 1. The molecule has 0 bridgehead atoms. The normalized spacial score (nSPS) is 17.2. The molecule has 2 aliphatic rings. The quantitative estimate of drug-likeness (QED) is 0.433. The van der Waals surface area contributed by atoms with Crippen LogP contribution in [-0.2, 0) is 11.3 Å². The first-order valence-corrected chi connectivity index (χ1v) is 12.0. The second-order valence-corrected chi connectivity index (χ2v) is 8.93. The number of fused-ring (bicyclic) bond motifs is 1. The van der Waals surface area contributed by atoms with E-state index in [1.165, 1.54) is 0 Å². The molecule has 1 saturated heterocycles. The number of nitrogens with one attached hydrogen (secondary N) is 1. The third kappa shape index (κ3) is 4.77. The SMILES string of the molecule is O=C(NN=Cc1cccc2c1OCCO2)c1ccc(C2SCC(=O)N2Cc2ccccc2)cc1. The van der Waals surface area contributed by atoms with Crippen LogP contribution in [0.15, 0.2) is 77.9 Å². The Kier molecular flexibility index (Phi) is 6.49. The van der Waals surface area contributed by atoms with E-state index in [1.807, 2.05) is 65.6 Å². The lowest BCUT2D eigenvalue weighted by Gasteiger charge is -2.24. The first-order chi connectivity index (χ1) is 16.7. The van der Waals surface area contributed by atoms with Crippen molar-refractivity contribution in [1.29, 1.82) is 0 Å². The molecular formula is C26H23N3O4S. The fourth-order valence-corrected chi connectivity index (χ4v) is 5.09. The average Bonchev–Trinajstić information content (AvgIpc) is 3.24. The van der Waals surface area contributed by atoms with Gasteiger partial charge in [-0.15, -0.1) is 11.8 Å². The van der Waals surface area contributed by atoms with E-state index in [4.69, 9.17) is 9.47 Å². The maximum atomic E-state index is 12.6. The molecule has 3 aromatic carbocycles. The first-order valence-electron chi connectivity index (χ1n) is 11.0. The third-order valence-corrected chi connectivity index (χ3v) is 6.84. The van der Waals surface area contributed by atoms with Gasteiger partial charge >= 0.3 is 0 Å². The number of amides is 2. The van der Waals surface area contributed by atoms with E-state index in [-0.39, 0.29) is 17.2 Å². The second-order valence-electron chi connectivity index (χ2n) is 7.86. The number of hydrogen-bond acceptors (Lipinski definition) is 6. The average molecular weight is 474 g/mol. The van der Waals surface area contributed by atoms with Gasteiger partial charge in [0.15, 0.2) is 11.5 Å². The molecule has 2 heterocycles. The van der Waals surface area contributed by atoms with Gasteiger partial charge < -0.3 is 14.4 Å². The topological polar surface area (TPSA) is 80.2 Å². The van der Waals surface area contributed by atoms with Crippen molar-refractivity contribution in [2.45, 2.75) is 11.9 Å². The Labute approximate surface area is 201 Å². The van der Waals surface area contributed by atoms with Crippen molar-refractivity contribution in [2.75, 3.05) is 19.0 Å². The molecule has 34 heavy (non-hydrogen) atoms. The molecule has 1 fully saturated rings. The van der Waals surface area contributed by atoms with E-state index in [0.717, 1.165) is 16.7 Å². The molecular weight excluding hydrogens is 450 g/mol. The third-order valence-electron chi connectivity index (χ3n) is 5.59. The molecule has 172 valence electrons. The molecule has 8 heteroatoms. The van der Waals surface area contributed by atoms with Gasteiger partial charge in [0.2, 0.25) is 5.91 Å². The van der Waals surface area contributed by atoms with E-state index in [1.54, 1.807) is 30.1 Å². The molecule has 3 aromatic rings. The van der Waals surface area contributed by atoms with Crippen LogP contribution in [0, 0.1) is 0 Å². The molecule has 0 aliphatic carbocycles. The zero-order valence-electron chi connectivity index (χ0n) is 18.3. The summed E-state index contributed by atoms with van der Waals surface area (Å²) in [5.74, 6) is 1.54. The zero-order valence-corrected chi connectivity index (χ0v) is 19.2. The van der Waals surface area contributed by atoms with Crippen molar-refractivity contribution in [3.05, 3.63) is 95.1 Å². The first kappa shape index (κ1) is 22.0. The maximum Gasteiger partial charge on any atom is 0.271 e. The van der Waals surface area contributed by atoms with Crippen LogP contribution >= 0.6 is 11.8 Å². The smallest absolute Gasteiger partial charge is 0.271 e. The summed E-state index contributed by atoms with van der Waals surface area (Å²) in [7, 11) is 0. The molecule has 0 saturated carbocycles. The van der Waals surface area contributed by atoms with Crippen LogP contribution in [0.4, 0.5) is 0 Å². The second kappa shape index (κ2) is 10.0. The number of hydrazone groups is 1. The van der Waals surface area contributed by atoms with Gasteiger partial charge in [-0.1, -0.05) is 48.5 Å². The number of rotatable bonds is 6. The summed E-state index contributed by atoms with van der Waals surface area (Å²) in [4.78, 5) is 26.9. The Morgan fingerprint density at radius 1 is 1.03 bits per heavy atom. The van der Waals surface area contributed by atoms with Gasteiger partial charge in [0, 0.05) is 17.7 Å². The van der Waals surface area contributed by atoms with Gasteiger partial charge in [-0.25, -0.2) is 5.43 Å². The van der Waals surface area contributed by atoms with Crippen molar-refractivity contribution in [2.24, 2.45) is 5.10 Å². The number of benzene rings is 3. The molecule has 0 aromatic heterocycles. The van der Waals surface area contributed by atoms with Crippen LogP contribution < -0.4 is 14.9 Å². The fourth-order valence-electron chi connectivity index (χ4n) is 3.90. The van der Waals surface area contributed by atoms with E-state index in [9.17, 15) is 9.59 Å². The van der Waals surface area contributed by atoms with Crippen molar-refractivity contribution in [1.82, 2.24) is 10.3 Å². The molecule has 2 aliphatic heterocycles. The van der Waals surface area contributed by atoms with Gasteiger partial charge in [0.1, 0.15) is 18.6 Å². The van der Waals surface area contributed by atoms with E-state index in [0.29, 0.717) is 42.6 Å². The van der Waals surface area contributed by atoms with Crippen molar-refractivity contribution in [3.63, 3.8) is 0 Å². The largest absolute Gasteiger partial charge is 0.486 e. The number of nitrogens with zero attached hydrogens (tertiary/aromatic N) is 2. The highest BCUT2D eigenvalue weighted by atomic mass is 32.2. The summed E-state index contributed by atoms with van der Waals surface area (Å²) >= 11 is 1.60. The van der Waals surface area contributed by atoms with Crippen LogP contribution in [0.5, 0.6) is 11.5 Å². The summed E-state index contributed by atoms with van der Waals surface area (Å²) in [5.41, 5.74) is 5.85. The summed E-state index contributed by atoms with van der Waals surface area (Å²) in [6.45, 7) is 1.55. The number of para-hydroxylation sites is 1. The highest BCUT2D eigenvalue weighted by molar-refractivity contribution is 8.00. The zero-order chi connectivity index (χ0) is 23.3. The summed E-state index contributed by atoms with van der Waals surface area (Å²) in [5, 5.41) is 4.00. The molecule has 2 amide bonds. The van der Waals surface area contributed by atoms with Crippen LogP contribution in [0.1, 0.15) is 32.4 Å². The molecule has 0 radical (unpaired) electrons. The van der Waals surface area contributed by atoms with Gasteiger partial charge in [-0.2, -0.15) is 5.10 Å². The maximum absolute atomic E-state index is 12.6. The Morgan fingerprint density at radius 3 is 2.65 bits per heavy atom. The number of carbonyl (C=O) groups excluding carboxylic acids is 2. The Hall–Kier alpha value is -3.78. The number of hydrogen-bond donors (Lipinski definition) is 1. The van der Waals surface area contributed by atoms with Crippen LogP contribution in [0.25, 0.3) is 0 Å². The Balaban J connectivity index is 1.24. The highest BCUT2D eigenvalue weighted by Gasteiger charge is 2.32. The van der Waals surface area contributed by atoms with Crippen LogP contribution in [0.2, 0.25) is 0 Å². The van der Waals surface area contributed by atoms with Crippen LogP contribution in [-0.4, -0.2) is 41.9 Å². The molecule has 0 spiro atoms. The fraction of sp³-hybridized carbons (Fsp3) is 0.192. The molecule has 7 nitrogen and oxygen atoms in total. The minimum atomic E-state index is -0.318. The monoisotopic (exact) mass is 473 g/mol. The Bertz CT molecular complexity index is 1210. The molecule has 5 rings (SSSR count). The van der Waals surface area contributed by atoms with E-state index < -0.39 is 0 Å². The lowest BCUT2D eigenvalue weighted by Crippen LogP contribution is -2.27. The molecule has 1 atom stereocenters. The summed E-state index contributed by atoms with van der Waals surface area (Å²) in [6, 6.07) is 22.8. The van der Waals surface area contributed by atoms with Crippen molar-refractivity contribution in [3.8, 4) is 11.5 Å². The van der Waals surface area contributed by atoms with Crippen LogP contribution in [0.3, 0.4) is 0 Å². The summed E-state index contributed by atoms with van der Waals surface area (Å²) < 4.78 is 11.2. The summed E-state index contributed by atoms with van der Waals surface area (Å²) in [6.07, 6.45) is 1.54. The minimum absolute atomic E-state index is 0.0747. The van der Waals surface area contributed by atoms with Crippen molar-refractivity contribution >= 4 is 29.8 Å². The van der Waals surface area contributed by atoms with E-state index in [2.05, 4.69) is 10.5 Å². The lowest BCUT2D eigenvalue weighted by molar-refractivity contribution is -0.128. The van der Waals surface area contributed by atoms with E-state index >= 15 is 0 Å².